The second-order valence-electron chi connectivity index (χ2n) is 8.76. The molecule has 0 saturated heterocycles. The number of benzene rings is 2. The summed E-state index contributed by atoms with van der Waals surface area (Å²) in [5.74, 6) is 0.406. The number of carbonyl (C=O) groups excluding carboxylic acids is 1. The minimum atomic E-state index is -0.447. The highest BCUT2D eigenvalue weighted by Crippen LogP contribution is 2.27. The molecule has 1 N–H and O–H groups in total. The standard InChI is InChI=1S/C27H31FN6O4/c1-4-24(26-30-31-32-34(26)17-25(35)38-6-3)33(15-18-7-9-21(28)10-8-18)16-20-13-19-14-22(37-5-2)11-12-23(19)29-27(20)36/h7-14,24H,4-6,15-17H2,1-3H3,(H,29,36). The number of fused-ring (bicyclic) bond motifs is 1. The molecule has 38 heavy (non-hydrogen) atoms. The zero-order valence-corrected chi connectivity index (χ0v) is 21.7. The molecular weight excluding hydrogens is 491 g/mol. The van der Waals surface area contributed by atoms with Crippen LogP contribution in [-0.2, 0) is 29.2 Å². The average molecular weight is 523 g/mol. The van der Waals surface area contributed by atoms with Crippen LogP contribution in [0, 0.1) is 5.82 Å². The Bertz CT molecular complexity index is 1440. The van der Waals surface area contributed by atoms with Crippen LogP contribution in [-0.4, -0.2) is 49.3 Å². The molecule has 2 aromatic carbocycles. The predicted octanol–water partition coefficient (Wildman–Crippen LogP) is 3.77. The maximum atomic E-state index is 13.6. The second kappa shape index (κ2) is 12.4. The summed E-state index contributed by atoms with van der Waals surface area (Å²) in [6.07, 6.45) is 0.588. The van der Waals surface area contributed by atoms with Crippen molar-refractivity contribution in [3.8, 4) is 5.75 Å². The summed E-state index contributed by atoms with van der Waals surface area (Å²) in [6, 6.07) is 13.2. The van der Waals surface area contributed by atoms with Gasteiger partial charge < -0.3 is 14.5 Å². The lowest BCUT2D eigenvalue weighted by atomic mass is 10.1. The Balaban J connectivity index is 1.72. The van der Waals surface area contributed by atoms with Crippen molar-refractivity contribution in [3.05, 3.63) is 81.7 Å². The highest BCUT2D eigenvalue weighted by molar-refractivity contribution is 5.80. The third-order valence-electron chi connectivity index (χ3n) is 6.15. The van der Waals surface area contributed by atoms with E-state index >= 15 is 0 Å². The van der Waals surface area contributed by atoms with Gasteiger partial charge in [0.15, 0.2) is 5.82 Å². The fourth-order valence-corrected chi connectivity index (χ4v) is 4.42. The van der Waals surface area contributed by atoms with Crippen LogP contribution in [0.3, 0.4) is 0 Å². The molecule has 0 fully saturated rings. The molecule has 11 heteroatoms. The van der Waals surface area contributed by atoms with Gasteiger partial charge in [-0.1, -0.05) is 19.1 Å². The van der Waals surface area contributed by atoms with Gasteiger partial charge in [-0.15, -0.1) is 5.10 Å². The molecule has 2 aromatic heterocycles. The van der Waals surface area contributed by atoms with Crippen molar-refractivity contribution in [2.24, 2.45) is 0 Å². The maximum absolute atomic E-state index is 13.6. The Morgan fingerprint density at radius 2 is 1.87 bits per heavy atom. The molecule has 4 rings (SSSR count). The van der Waals surface area contributed by atoms with Gasteiger partial charge in [0.05, 0.1) is 19.3 Å². The van der Waals surface area contributed by atoms with E-state index in [1.54, 1.807) is 19.1 Å². The van der Waals surface area contributed by atoms with Gasteiger partial charge in [0.2, 0.25) is 0 Å². The van der Waals surface area contributed by atoms with Crippen LogP contribution in [0.25, 0.3) is 10.9 Å². The highest BCUT2D eigenvalue weighted by Gasteiger charge is 2.27. The molecule has 0 saturated carbocycles. The van der Waals surface area contributed by atoms with E-state index in [4.69, 9.17) is 9.47 Å². The normalized spacial score (nSPS) is 12.1. The smallest absolute Gasteiger partial charge is 0.327 e. The van der Waals surface area contributed by atoms with Crippen LogP contribution >= 0.6 is 0 Å². The maximum Gasteiger partial charge on any atom is 0.327 e. The first-order chi connectivity index (χ1) is 18.4. The van der Waals surface area contributed by atoms with Gasteiger partial charge in [-0.05, 0) is 72.7 Å². The zero-order chi connectivity index (χ0) is 27.1. The zero-order valence-electron chi connectivity index (χ0n) is 21.7. The molecule has 0 radical (unpaired) electrons. The fraction of sp³-hybridized carbons (Fsp3) is 0.370. The lowest BCUT2D eigenvalue weighted by Crippen LogP contribution is -2.33. The molecule has 0 bridgehead atoms. The number of hydrogen-bond acceptors (Lipinski definition) is 8. The minimum Gasteiger partial charge on any atom is -0.494 e. The summed E-state index contributed by atoms with van der Waals surface area (Å²) in [6.45, 7) is 6.92. The second-order valence-corrected chi connectivity index (χ2v) is 8.76. The topological polar surface area (TPSA) is 115 Å². The number of nitrogens with one attached hydrogen (secondary N) is 1. The van der Waals surface area contributed by atoms with E-state index in [1.807, 2.05) is 43.0 Å². The Morgan fingerprint density at radius 1 is 1.08 bits per heavy atom. The van der Waals surface area contributed by atoms with Gasteiger partial charge in [-0.2, -0.15) is 0 Å². The molecule has 4 aromatic rings. The molecule has 0 aliphatic rings. The van der Waals surface area contributed by atoms with Crippen molar-refractivity contribution in [2.75, 3.05) is 13.2 Å². The number of ether oxygens (including phenoxy) is 2. The molecule has 0 aliphatic heterocycles. The molecule has 0 aliphatic carbocycles. The quantitative estimate of drug-likeness (QED) is 0.280. The molecular formula is C27H31FN6O4. The highest BCUT2D eigenvalue weighted by atomic mass is 19.1. The van der Waals surface area contributed by atoms with E-state index in [-0.39, 0.29) is 37.1 Å². The van der Waals surface area contributed by atoms with Crippen molar-refractivity contribution in [1.82, 2.24) is 30.1 Å². The molecule has 0 amide bonds. The number of halogens is 1. The molecule has 1 unspecified atom stereocenters. The predicted molar refractivity (Wildman–Crippen MR) is 139 cm³/mol. The number of rotatable bonds is 12. The monoisotopic (exact) mass is 522 g/mol. The molecule has 2 heterocycles. The molecule has 200 valence electrons. The van der Waals surface area contributed by atoms with Crippen molar-refractivity contribution in [3.63, 3.8) is 0 Å². The number of nitrogens with zero attached hydrogens (tertiary/aromatic N) is 5. The number of aromatic amines is 1. The van der Waals surface area contributed by atoms with Crippen LogP contribution in [0.15, 0.2) is 53.3 Å². The number of aromatic nitrogens is 5. The van der Waals surface area contributed by atoms with E-state index in [0.29, 0.717) is 42.2 Å². The minimum absolute atomic E-state index is 0.131. The summed E-state index contributed by atoms with van der Waals surface area (Å²) in [4.78, 5) is 30.2. The van der Waals surface area contributed by atoms with Gasteiger partial charge in [0, 0.05) is 29.6 Å². The van der Waals surface area contributed by atoms with Gasteiger partial charge >= 0.3 is 5.97 Å². The molecule has 1 atom stereocenters. The summed E-state index contributed by atoms with van der Waals surface area (Å²) in [7, 11) is 0. The van der Waals surface area contributed by atoms with Crippen LogP contribution in [0.5, 0.6) is 5.75 Å². The molecule has 10 nitrogen and oxygen atoms in total. The number of pyridine rings is 1. The van der Waals surface area contributed by atoms with Gasteiger partial charge in [-0.25, -0.2) is 9.07 Å². The van der Waals surface area contributed by atoms with Crippen LogP contribution < -0.4 is 10.3 Å². The lowest BCUT2D eigenvalue weighted by molar-refractivity contribution is -0.144. The number of esters is 1. The summed E-state index contributed by atoms with van der Waals surface area (Å²) in [5, 5.41) is 12.8. The van der Waals surface area contributed by atoms with Crippen molar-refractivity contribution in [2.45, 2.75) is 52.9 Å². The van der Waals surface area contributed by atoms with E-state index in [0.717, 1.165) is 10.9 Å². The Hall–Kier alpha value is -4.12. The number of H-pyrrole nitrogens is 1. The molecule has 0 spiro atoms. The van der Waals surface area contributed by atoms with Gasteiger partial charge in [0.1, 0.15) is 18.1 Å². The largest absolute Gasteiger partial charge is 0.494 e. The van der Waals surface area contributed by atoms with Crippen molar-refractivity contribution >= 4 is 16.9 Å². The Kier molecular flexibility index (Phi) is 8.80. The van der Waals surface area contributed by atoms with Crippen molar-refractivity contribution in [1.29, 1.82) is 0 Å². The Morgan fingerprint density at radius 3 is 2.58 bits per heavy atom. The number of hydrogen-bond donors (Lipinski definition) is 1. The summed E-state index contributed by atoms with van der Waals surface area (Å²) < 4.78 is 25.7. The van der Waals surface area contributed by atoms with E-state index in [2.05, 4.69) is 20.5 Å². The number of carbonyl (C=O) groups is 1. The average Bonchev–Trinajstić information content (AvgIpc) is 3.34. The van der Waals surface area contributed by atoms with Gasteiger partial charge in [0.25, 0.3) is 5.56 Å². The van der Waals surface area contributed by atoms with Crippen molar-refractivity contribution < 1.29 is 18.7 Å². The third-order valence-corrected chi connectivity index (χ3v) is 6.15. The lowest BCUT2D eigenvalue weighted by Gasteiger charge is -2.30. The first-order valence-electron chi connectivity index (χ1n) is 12.6. The van der Waals surface area contributed by atoms with Crippen LogP contribution in [0.2, 0.25) is 0 Å². The Labute approximate surface area is 219 Å². The van der Waals surface area contributed by atoms with Crippen LogP contribution in [0.4, 0.5) is 4.39 Å². The van der Waals surface area contributed by atoms with Gasteiger partial charge in [-0.3, -0.25) is 14.5 Å². The summed E-state index contributed by atoms with van der Waals surface area (Å²) in [5.41, 5.74) is 1.88. The van der Waals surface area contributed by atoms with Crippen LogP contribution in [0.1, 0.15) is 50.2 Å². The fourth-order valence-electron chi connectivity index (χ4n) is 4.42. The SMILES string of the molecule is CCOC(=O)Cn1nnnc1C(CC)N(Cc1ccc(F)cc1)Cc1cc2cc(OCC)ccc2[nH]c1=O. The summed E-state index contributed by atoms with van der Waals surface area (Å²) >= 11 is 0. The van der Waals surface area contributed by atoms with E-state index < -0.39 is 5.97 Å². The van der Waals surface area contributed by atoms with E-state index in [9.17, 15) is 14.0 Å². The first kappa shape index (κ1) is 26.9. The van der Waals surface area contributed by atoms with E-state index in [1.165, 1.54) is 16.8 Å². The third kappa shape index (κ3) is 6.41. The number of tetrazole rings is 1. The first-order valence-corrected chi connectivity index (χ1v) is 12.6.